The Morgan fingerprint density at radius 1 is 1.00 bits per heavy atom. The number of hydrogen-bond acceptors (Lipinski definition) is 4. The van der Waals surface area contributed by atoms with Gasteiger partial charge >= 0.3 is 0 Å². The molecular formula is C14H18ClN3O2S. The largest absolute Gasteiger partial charge is 0.368 e. The number of benzene rings is 1. The summed E-state index contributed by atoms with van der Waals surface area (Å²) < 4.78 is 26.2. The Balaban J connectivity index is 0.00000161. The predicted molar refractivity (Wildman–Crippen MR) is 85.8 cm³/mol. The Hall–Kier alpha value is -1.50. The zero-order chi connectivity index (χ0) is 14.0. The lowest BCUT2D eigenvalue weighted by Gasteiger charge is -2.28. The summed E-state index contributed by atoms with van der Waals surface area (Å²) in [5.41, 5.74) is 0.950. The van der Waals surface area contributed by atoms with Crippen molar-refractivity contribution in [2.24, 2.45) is 0 Å². The molecule has 1 fully saturated rings. The molecule has 3 rings (SSSR count). The van der Waals surface area contributed by atoms with Crippen LogP contribution in [0.3, 0.4) is 0 Å². The van der Waals surface area contributed by atoms with Gasteiger partial charge in [0, 0.05) is 38.6 Å². The van der Waals surface area contributed by atoms with Gasteiger partial charge in [-0.25, -0.2) is 12.4 Å². The fraction of sp³-hybridized carbons (Fsp3) is 0.286. The third-order valence-corrected chi connectivity index (χ3v) is 5.10. The standard InChI is InChI=1S/C14H17N3O2S.ClH/c18-20(19,14-4-2-1-3-5-14)17-9-6-13(12-17)16-10-7-15-8-11-16;/h1-6,9,12,15H,7-8,10-11H2;1H. The van der Waals surface area contributed by atoms with E-state index in [0.717, 1.165) is 31.9 Å². The van der Waals surface area contributed by atoms with Gasteiger partial charge in [-0.05, 0) is 18.2 Å². The highest BCUT2D eigenvalue weighted by atomic mass is 35.5. The van der Waals surface area contributed by atoms with Crippen LogP contribution in [0.5, 0.6) is 0 Å². The van der Waals surface area contributed by atoms with Gasteiger partial charge in [0.05, 0.1) is 10.6 Å². The Morgan fingerprint density at radius 2 is 1.67 bits per heavy atom. The van der Waals surface area contributed by atoms with E-state index in [1.165, 1.54) is 3.97 Å². The number of hydrogen-bond donors (Lipinski definition) is 1. The van der Waals surface area contributed by atoms with Gasteiger partial charge in [-0.2, -0.15) is 0 Å². The topological polar surface area (TPSA) is 54.3 Å². The first-order valence-electron chi connectivity index (χ1n) is 6.62. The minimum Gasteiger partial charge on any atom is -0.368 e. The van der Waals surface area contributed by atoms with Crippen molar-refractivity contribution in [3.8, 4) is 0 Å². The summed E-state index contributed by atoms with van der Waals surface area (Å²) in [6.45, 7) is 3.65. The quantitative estimate of drug-likeness (QED) is 0.929. The molecule has 1 N–H and O–H groups in total. The molecule has 1 saturated heterocycles. The van der Waals surface area contributed by atoms with Gasteiger partial charge in [0.2, 0.25) is 0 Å². The van der Waals surface area contributed by atoms with Crippen molar-refractivity contribution in [3.63, 3.8) is 0 Å². The summed E-state index contributed by atoms with van der Waals surface area (Å²) >= 11 is 0. The van der Waals surface area contributed by atoms with E-state index in [9.17, 15) is 8.42 Å². The number of nitrogens with zero attached hydrogens (tertiary/aromatic N) is 2. The number of aromatic nitrogens is 1. The summed E-state index contributed by atoms with van der Waals surface area (Å²) in [6, 6.07) is 10.3. The molecule has 0 radical (unpaired) electrons. The zero-order valence-electron chi connectivity index (χ0n) is 11.5. The fourth-order valence-electron chi connectivity index (χ4n) is 2.34. The van der Waals surface area contributed by atoms with E-state index in [1.807, 2.05) is 6.07 Å². The molecule has 1 aliphatic heterocycles. The number of rotatable bonds is 3. The van der Waals surface area contributed by atoms with Crippen LogP contribution in [-0.4, -0.2) is 38.6 Å². The van der Waals surface area contributed by atoms with Crippen molar-refractivity contribution < 1.29 is 8.42 Å². The van der Waals surface area contributed by atoms with Gasteiger partial charge in [0.25, 0.3) is 10.0 Å². The lowest BCUT2D eigenvalue weighted by atomic mass is 10.3. The van der Waals surface area contributed by atoms with Crippen molar-refractivity contribution in [2.45, 2.75) is 4.90 Å². The van der Waals surface area contributed by atoms with Crippen molar-refractivity contribution in [1.29, 1.82) is 0 Å². The van der Waals surface area contributed by atoms with Crippen molar-refractivity contribution in [3.05, 3.63) is 48.8 Å². The molecule has 0 unspecified atom stereocenters. The van der Waals surface area contributed by atoms with Crippen LogP contribution in [0.15, 0.2) is 53.7 Å². The second-order valence-corrected chi connectivity index (χ2v) is 6.60. The smallest absolute Gasteiger partial charge is 0.267 e. The van der Waals surface area contributed by atoms with Crippen LogP contribution in [0, 0.1) is 0 Å². The van der Waals surface area contributed by atoms with Gasteiger partial charge in [-0.15, -0.1) is 12.4 Å². The molecule has 1 aromatic heterocycles. The maximum Gasteiger partial charge on any atom is 0.267 e. The van der Waals surface area contributed by atoms with Crippen LogP contribution >= 0.6 is 12.4 Å². The molecule has 1 aliphatic rings. The minimum atomic E-state index is -3.48. The van der Waals surface area contributed by atoms with Crippen LogP contribution in [0.25, 0.3) is 0 Å². The highest BCUT2D eigenvalue weighted by Crippen LogP contribution is 2.20. The molecule has 0 atom stereocenters. The molecule has 0 saturated carbocycles. The molecule has 0 spiro atoms. The molecular weight excluding hydrogens is 310 g/mol. The van der Waals surface area contributed by atoms with E-state index in [0.29, 0.717) is 4.90 Å². The first-order valence-corrected chi connectivity index (χ1v) is 8.06. The Kier molecular flexibility index (Phi) is 4.92. The summed E-state index contributed by atoms with van der Waals surface area (Å²) in [5, 5.41) is 3.28. The molecule has 0 amide bonds. The highest BCUT2D eigenvalue weighted by Gasteiger charge is 2.18. The first kappa shape index (κ1) is 15.9. The monoisotopic (exact) mass is 327 g/mol. The van der Waals surface area contributed by atoms with E-state index in [2.05, 4.69) is 10.2 Å². The average molecular weight is 328 g/mol. The van der Waals surface area contributed by atoms with Crippen molar-refractivity contribution in [2.75, 3.05) is 31.1 Å². The minimum absolute atomic E-state index is 0. The molecule has 114 valence electrons. The predicted octanol–water partition coefficient (Wildman–Crippen LogP) is 1.56. The van der Waals surface area contributed by atoms with E-state index in [4.69, 9.17) is 0 Å². The molecule has 0 aliphatic carbocycles. The average Bonchev–Trinajstić information content (AvgIpc) is 3.00. The molecule has 5 nitrogen and oxygen atoms in total. The molecule has 2 aromatic rings. The highest BCUT2D eigenvalue weighted by molar-refractivity contribution is 7.90. The molecule has 21 heavy (non-hydrogen) atoms. The Bertz CT molecular complexity index is 679. The Labute approximate surface area is 131 Å². The SMILES string of the molecule is Cl.O=S(=O)(c1ccccc1)n1ccc(N2CCNCC2)c1. The second kappa shape index (κ2) is 6.51. The molecule has 0 bridgehead atoms. The van der Waals surface area contributed by atoms with Gasteiger partial charge in [-0.1, -0.05) is 18.2 Å². The van der Waals surface area contributed by atoms with Gasteiger partial charge in [-0.3, -0.25) is 0 Å². The number of anilines is 1. The van der Waals surface area contributed by atoms with Crippen molar-refractivity contribution in [1.82, 2.24) is 9.29 Å². The van der Waals surface area contributed by atoms with E-state index in [-0.39, 0.29) is 12.4 Å². The van der Waals surface area contributed by atoms with E-state index >= 15 is 0 Å². The number of nitrogens with one attached hydrogen (secondary N) is 1. The number of halogens is 1. The summed E-state index contributed by atoms with van der Waals surface area (Å²) in [4.78, 5) is 2.50. The second-order valence-electron chi connectivity index (χ2n) is 4.75. The van der Waals surface area contributed by atoms with E-state index in [1.54, 1.807) is 42.7 Å². The van der Waals surface area contributed by atoms with Gasteiger partial charge < -0.3 is 10.2 Å². The van der Waals surface area contributed by atoms with Crippen LogP contribution in [0.4, 0.5) is 5.69 Å². The van der Waals surface area contributed by atoms with Gasteiger partial charge in [0.1, 0.15) is 0 Å². The van der Waals surface area contributed by atoms with Crippen LogP contribution < -0.4 is 10.2 Å². The fourth-order valence-corrected chi connectivity index (χ4v) is 3.55. The van der Waals surface area contributed by atoms with Crippen molar-refractivity contribution >= 4 is 28.1 Å². The van der Waals surface area contributed by atoms with Crippen LogP contribution in [0.1, 0.15) is 0 Å². The summed E-state index contributed by atoms with van der Waals surface area (Å²) in [7, 11) is -3.48. The maximum absolute atomic E-state index is 12.5. The summed E-state index contributed by atoms with van der Waals surface area (Å²) in [6.07, 6.45) is 3.30. The van der Waals surface area contributed by atoms with E-state index < -0.39 is 10.0 Å². The zero-order valence-corrected chi connectivity index (χ0v) is 13.1. The maximum atomic E-state index is 12.5. The summed E-state index contributed by atoms with van der Waals surface area (Å²) in [5.74, 6) is 0. The lowest BCUT2D eigenvalue weighted by Crippen LogP contribution is -2.43. The molecule has 1 aromatic carbocycles. The Morgan fingerprint density at radius 3 is 2.33 bits per heavy atom. The third kappa shape index (κ3) is 3.23. The first-order chi connectivity index (χ1) is 9.68. The normalized spacial score (nSPS) is 15.5. The van der Waals surface area contributed by atoms with Gasteiger partial charge in [0.15, 0.2) is 0 Å². The molecule has 7 heteroatoms. The van der Waals surface area contributed by atoms with Crippen LogP contribution in [-0.2, 0) is 10.0 Å². The van der Waals surface area contributed by atoms with Crippen LogP contribution in [0.2, 0.25) is 0 Å². The lowest BCUT2D eigenvalue weighted by molar-refractivity contribution is 0.585. The molecule has 2 heterocycles. The number of piperazine rings is 1. The third-order valence-electron chi connectivity index (χ3n) is 3.45.